The van der Waals surface area contributed by atoms with Gasteiger partial charge < -0.3 is 30.1 Å². The van der Waals surface area contributed by atoms with Crippen LogP contribution in [0, 0.1) is 0 Å². The Morgan fingerprint density at radius 2 is 1.78 bits per heavy atom. The minimum Gasteiger partial charge on any atom is -0.395 e. The van der Waals surface area contributed by atoms with Crippen LogP contribution in [0.25, 0.3) is 16.9 Å². The molecular formula is C23H29F2N7O4. The lowest BCUT2D eigenvalue weighted by Gasteiger charge is -2.29. The lowest BCUT2D eigenvalue weighted by molar-refractivity contribution is -0.132. The molecule has 0 radical (unpaired) electrons. The molecule has 1 fully saturated rings. The van der Waals surface area contributed by atoms with Crippen molar-refractivity contribution in [3.05, 3.63) is 36.2 Å². The maximum atomic E-state index is 14.0. The molecule has 3 heterocycles. The molecule has 1 aliphatic rings. The van der Waals surface area contributed by atoms with Crippen LogP contribution in [0.15, 0.2) is 30.3 Å². The van der Waals surface area contributed by atoms with Crippen molar-refractivity contribution in [2.24, 2.45) is 0 Å². The zero-order valence-corrected chi connectivity index (χ0v) is 19.8. The first-order chi connectivity index (χ1) is 17.4. The summed E-state index contributed by atoms with van der Waals surface area (Å²) in [5.74, 6) is -0.0802. The third kappa shape index (κ3) is 5.53. The zero-order valence-electron chi connectivity index (χ0n) is 19.8. The van der Waals surface area contributed by atoms with Gasteiger partial charge in [-0.2, -0.15) is 9.97 Å². The Hall–Kier alpha value is -3.42. The molecule has 1 atom stereocenters. The lowest BCUT2D eigenvalue weighted by Crippen LogP contribution is -2.44. The molecule has 0 aliphatic carbocycles. The van der Waals surface area contributed by atoms with Crippen molar-refractivity contribution in [2.75, 3.05) is 62.8 Å². The van der Waals surface area contributed by atoms with Gasteiger partial charge in [-0.05, 0) is 19.1 Å². The fourth-order valence-electron chi connectivity index (χ4n) is 4.09. The Kier molecular flexibility index (Phi) is 8.23. The second kappa shape index (κ2) is 11.5. The molecule has 194 valence electrons. The summed E-state index contributed by atoms with van der Waals surface area (Å²) in [5, 5.41) is 21.5. The number of nitrogens with one attached hydrogen (secondary N) is 1. The van der Waals surface area contributed by atoms with E-state index in [1.165, 1.54) is 9.47 Å². The summed E-state index contributed by atoms with van der Waals surface area (Å²) in [6.45, 7) is 3.30. The number of halogens is 2. The summed E-state index contributed by atoms with van der Waals surface area (Å²) < 4.78 is 34.7. The van der Waals surface area contributed by atoms with Gasteiger partial charge in [0.2, 0.25) is 11.9 Å². The third-order valence-corrected chi connectivity index (χ3v) is 5.81. The highest BCUT2D eigenvalue weighted by Gasteiger charge is 2.25. The number of anilines is 2. The summed E-state index contributed by atoms with van der Waals surface area (Å²) in [6.07, 6.45) is -2.85. The first-order valence-corrected chi connectivity index (χ1v) is 11.7. The molecule has 1 aromatic carbocycles. The van der Waals surface area contributed by atoms with Gasteiger partial charge in [-0.3, -0.25) is 9.36 Å². The number of carbonyl (C=O) groups is 1. The van der Waals surface area contributed by atoms with Gasteiger partial charge in [0.25, 0.3) is 6.43 Å². The Bertz CT molecular complexity index is 1180. The molecule has 13 heteroatoms. The highest BCUT2D eigenvalue weighted by Crippen LogP contribution is 2.29. The highest BCUT2D eigenvalue weighted by molar-refractivity contribution is 5.84. The van der Waals surface area contributed by atoms with E-state index in [2.05, 4.69) is 20.3 Å². The van der Waals surface area contributed by atoms with Gasteiger partial charge in [0.05, 0.1) is 37.5 Å². The SMILES string of the molecule is CC(Nc1nc(N2CCOCC2)cc(-n2c(C(F)F)nc3ccccc32)n1)C(=O)N(CCO)CCO. The predicted molar refractivity (Wildman–Crippen MR) is 128 cm³/mol. The van der Waals surface area contributed by atoms with Crippen LogP contribution in [-0.4, -0.2) is 99.2 Å². The molecule has 3 aromatic rings. The van der Waals surface area contributed by atoms with Crippen molar-refractivity contribution in [1.82, 2.24) is 24.4 Å². The standard InChI is InChI=1S/C23H29F2N7O4/c1-15(22(35)31(6-10-33)7-11-34)26-23-28-18(30-8-12-36-13-9-30)14-19(29-23)32-17-5-3-2-4-16(17)27-21(32)20(24)25/h2-5,14-15,20,33-34H,6-13H2,1H3,(H,26,28,29). The number of imidazole rings is 1. The van der Waals surface area contributed by atoms with Crippen LogP contribution in [-0.2, 0) is 9.53 Å². The Labute approximate surface area is 206 Å². The molecule has 1 unspecified atom stereocenters. The van der Waals surface area contributed by atoms with Gasteiger partial charge in [-0.25, -0.2) is 13.8 Å². The van der Waals surface area contributed by atoms with E-state index < -0.39 is 18.3 Å². The number of hydrogen-bond acceptors (Lipinski definition) is 9. The number of rotatable bonds is 10. The van der Waals surface area contributed by atoms with Gasteiger partial charge >= 0.3 is 0 Å². The number of morpholine rings is 1. The summed E-state index contributed by atoms with van der Waals surface area (Å²) in [5.41, 5.74) is 0.868. The van der Waals surface area contributed by atoms with E-state index in [9.17, 15) is 23.8 Å². The first kappa shape index (κ1) is 25.7. The lowest BCUT2D eigenvalue weighted by atomic mass is 10.2. The van der Waals surface area contributed by atoms with Gasteiger partial charge in [-0.1, -0.05) is 12.1 Å². The third-order valence-electron chi connectivity index (χ3n) is 5.81. The second-order valence-corrected chi connectivity index (χ2v) is 8.24. The second-order valence-electron chi connectivity index (χ2n) is 8.24. The molecule has 36 heavy (non-hydrogen) atoms. The summed E-state index contributed by atoms with van der Waals surface area (Å²) in [7, 11) is 0. The maximum Gasteiger partial charge on any atom is 0.296 e. The zero-order chi connectivity index (χ0) is 25.7. The molecule has 4 rings (SSSR count). The van der Waals surface area contributed by atoms with Crippen molar-refractivity contribution >= 4 is 28.7 Å². The van der Waals surface area contributed by atoms with Crippen LogP contribution in [0.1, 0.15) is 19.2 Å². The van der Waals surface area contributed by atoms with E-state index in [-0.39, 0.29) is 44.0 Å². The summed E-state index contributed by atoms with van der Waals surface area (Å²) in [6, 6.07) is 7.59. The average molecular weight is 506 g/mol. The normalized spacial score (nSPS) is 14.9. The Morgan fingerprint density at radius 3 is 2.44 bits per heavy atom. The van der Waals surface area contributed by atoms with E-state index >= 15 is 0 Å². The number of amides is 1. The molecule has 2 aromatic heterocycles. The van der Waals surface area contributed by atoms with Crippen LogP contribution < -0.4 is 10.2 Å². The van der Waals surface area contributed by atoms with E-state index in [4.69, 9.17) is 4.74 Å². The van der Waals surface area contributed by atoms with Gasteiger partial charge in [-0.15, -0.1) is 0 Å². The number of nitrogens with zero attached hydrogens (tertiary/aromatic N) is 6. The molecule has 3 N–H and O–H groups in total. The minimum absolute atomic E-state index is 0.0596. The first-order valence-electron chi connectivity index (χ1n) is 11.7. The average Bonchev–Trinajstić information content (AvgIpc) is 3.28. The number of ether oxygens (including phenoxy) is 1. The molecule has 0 bridgehead atoms. The van der Waals surface area contributed by atoms with Crippen LogP contribution >= 0.6 is 0 Å². The van der Waals surface area contributed by atoms with Crippen molar-refractivity contribution < 1.29 is 28.5 Å². The Morgan fingerprint density at radius 1 is 1.11 bits per heavy atom. The fraction of sp³-hybridized carbons (Fsp3) is 0.478. The minimum atomic E-state index is -2.85. The number of para-hydroxylation sites is 2. The van der Waals surface area contributed by atoms with E-state index in [0.717, 1.165) is 0 Å². The van der Waals surface area contributed by atoms with Crippen molar-refractivity contribution in [3.63, 3.8) is 0 Å². The number of hydrogen-bond donors (Lipinski definition) is 3. The van der Waals surface area contributed by atoms with Crippen molar-refractivity contribution in [2.45, 2.75) is 19.4 Å². The summed E-state index contributed by atoms with van der Waals surface area (Å²) >= 11 is 0. The highest BCUT2D eigenvalue weighted by atomic mass is 19.3. The molecule has 1 amide bonds. The van der Waals surface area contributed by atoms with E-state index in [1.807, 2.05) is 4.90 Å². The van der Waals surface area contributed by atoms with E-state index in [0.29, 0.717) is 43.2 Å². The van der Waals surface area contributed by atoms with Crippen LogP contribution in [0.5, 0.6) is 0 Å². The van der Waals surface area contributed by atoms with Crippen LogP contribution in [0.2, 0.25) is 0 Å². The Balaban J connectivity index is 1.76. The molecule has 11 nitrogen and oxygen atoms in total. The monoisotopic (exact) mass is 505 g/mol. The molecule has 1 aliphatic heterocycles. The number of alkyl halides is 2. The maximum absolute atomic E-state index is 14.0. The molecule has 0 saturated carbocycles. The van der Waals surface area contributed by atoms with Crippen LogP contribution in [0.4, 0.5) is 20.5 Å². The van der Waals surface area contributed by atoms with Crippen molar-refractivity contribution in [3.8, 4) is 5.82 Å². The fourth-order valence-corrected chi connectivity index (χ4v) is 4.09. The number of aliphatic hydroxyl groups excluding tert-OH is 2. The van der Waals surface area contributed by atoms with Crippen molar-refractivity contribution in [1.29, 1.82) is 0 Å². The van der Waals surface area contributed by atoms with Gasteiger partial charge in [0, 0.05) is 32.2 Å². The number of aromatic nitrogens is 4. The smallest absolute Gasteiger partial charge is 0.296 e. The van der Waals surface area contributed by atoms with Crippen LogP contribution in [0.3, 0.4) is 0 Å². The number of fused-ring (bicyclic) bond motifs is 1. The topological polar surface area (TPSA) is 129 Å². The number of carbonyl (C=O) groups excluding carboxylic acids is 1. The predicted octanol–water partition coefficient (Wildman–Crippen LogP) is 1.20. The number of benzene rings is 1. The molecule has 0 spiro atoms. The molecular weight excluding hydrogens is 476 g/mol. The van der Waals surface area contributed by atoms with E-state index in [1.54, 1.807) is 37.3 Å². The number of aliphatic hydroxyl groups is 2. The summed E-state index contributed by atoms with van der Waals surface area (Å²) in [4.78, 5) is 29.3. The largest absolute Gasteiger partial charge is 0.395 e. The molecule has 1 saturated heterocycles. The van der Waals surface area contributed by atoms with Gasteiger partial charge in [0.1, 0.15) is 17.7 Å². The van der Waals surface area contributed by atoms with Gasteiger partial charge in [0.15, 0.2) is 5.82 Å². The quantitative estimate of drug-likeness (QED) is 0.372.